The molecule has 1 unspecified atom stereocenters. The third-order valence-electron chi connectivity index (χ3n) is 2.66. The van der Waals surface area contributed by atoms with Crippen molar-refractivity contribution < 1.29 is 0 Å². The first kappa shape index (κ1) is 13.5. The van der Waals surface area contributed by atoms with Gasteiger partial charge in [-0.15, -0.1) is 0 Å². The average Bonchev–Trinajstić information content (AvgIpc) is 2.38. The molecule has 5 heteroatoms. The van der Waals surface area contributed by atoms with Gasteiger partial charge in [0.15, 0.2) is 0 Å². The van der Waals surface area contributed by atoms with E-state index in [4.69, 9.17) is 5.26 Å². The molecule has 0 fully saturated rings. The van der Waals surface area contributed by atoms with E-state index in [9.17, 15) is 0 Å². The van der Waals surface area contributed by atoms with Crippen LogP contribution in [0.5, 0.6) is 0 Å². The maximum Gasteiger partial charge on any atom is 0.224 e. The van der Waals surface area contributed by atoms with E-state index in [-0.39, 0.29) is 6.04 Å². The second-order valence-electron chi connectivity index (χ2n) is 4.25. The molecule has 0 spiro atoms. The first-order chi connectivity index (χ1) is 9.08. The van der Waals surface area contributed by atoms with Crippen molar-refractivity contribution in [1.82, 2.24) is 9.97 Å². The lowest BCUT2D eigenvalue weighted by Crippen LogP contribution is -2.10. The summed E-state index contributed by atoms with van der Waals surface area (Å²) >= 11 is 3.45. The van der Waals surface area contributed by atoms with Crippen LogP contribution < -0.4 is 5.32 Å². The molecule has 1 heterocycles. The molecule has 0 radical (unpaired) electrons. The Balaban J connectivity index is 2.21. The molecule has 2 rings (SSSR count). The summed E-state index contributed by atoms with van der Waals surface area (Å²) in [4.78, 5) is 8.43. The fraction of sp³-hybridized carbons (Fsp3) is 0.214. The highest BCUT2D eigenvalue weighted by Crippen LogP contribution is 2.20. The van der Waals surface area contributed by atoms with Crippen LogP contribution in [-0.4, -0.2) is 9.97 Å². The summed E-state index contributed by atoms with van der Waals surface area (Å²) in [6.07, 6.45) is 0. The first-order valence-electron chi connectivity index (χ1n) is 5.86. The van der Waals surface area contributed by atoms with Crippen molar-refractivity contribution >= 4 is 21.9 Å². The van der Waals surface area contributed by atoms with E-state index >= 15 is 0 Å². The lowest BCUT2D eigenvalue weighted by Gasteiger charge is -2.14. The number of nitrogens with one attached hydrogen (secondary N) is 1. The molecule has 4 nitrogen and oxygen atoms in total. The van der Waals surface area contributed by atoms with Gasteiger partial charge in [0.25, 0.3) is 0 Å². The van der Waals surface area contributed by atoms with E-state index in [0.717, 1.165) is 15.7 Å². The van der Waals surface area contributed by atoms with Gasteiger partial charge in [-0.05, 0) is 37.6 Å². The smallest absolute Gasteiger partial charge is 0.224 e. The van der Waals surface area contributed by atoms with Gasteiger partial charge < -0.3 is 5.32 Å². The molecule has 0 aliphatic heterocycles. The Labute approximate surface area is 120 Å². The number of nitriles is 1. The van der Waals surface area contributed by atoms with Gasteiger partial charge >= 0.3 is 0 Å². The fourth-order valence-electron chi connectivity index (χ4n) is 1.74. The van der Waals surface area contributed by atoms with Gasteiger partial charge in [0.1, 0.15) is 11.8 Å². The molecule has 19 heavy (non-hydrogen) atoms. The highest BCUT2D eigenvalue weighted by atomic mass is 79.9. The van der Waals surface area contributed by atoms with Crippen LogP contribution in [0.25, 0.3) is 0 Å². The minimum atomic E-state index is 0.0610. The lowest BCUT2D eigenvalue weighted by atomic mass is 10.1. The van der Waals surface area contributed by atoms with Crippen LogP contribution >= 0.6 is 15.9 Å². The molecule has 0 saturated heterocycles. The zero-order chi connectivity index (χ0) is 13.8. The monoisotopic (exact) mass is 316 g/mol. The molecular formula is C14H13BrN4. The van der Waals surface area contributed by atoms with Crippen LogP contribution in [0.4, 0.5) is 5.95 Å². The molecule has 2 aromatic rings. The van der Waals surface area contributed by atoms with Crippen molar-refractivity contribution in [2.45, 2.75) is 19.9 Å². The van der Waals surface area contributed by atoms with Crippen molar-refractivity contribution in [2.75, 3.05) is 5.32 Å². The van der Waals surface area contributed by atoms with Gasteiger partial charge in [0.2, 0.25) is 5.95 Å². The summed E-state index contributed by atoms with van der Waals surface area (Å²) in [5, 5.41) is 12.1. The van der Waals surface area contributed by atoms with E-state index in [2.05, 4.69) is 31.2 Å². The zero-order valence-corrected chi connectivity index (χ0v) is 12.3. The molecule has 0 bridgehead atoms. The quantitative estimate of drug-likeness (QED) is 0.940. The van der Waals surface area contributed by atoms with Crippen LogP contribution in [0.15, 0.2) is 34.8 Å². The number of rotatable bonds is 3. The Bertz CT molecular complexity index is 634. The van der Waals surface area contributed by atoms with Crippen molar-refractivity contribution in [2.24, 2.45) is 0 Å². The van der Waals surface area contributed by atoms with Gasteiger partial charge in [0, 0.05) is 10.2 Å². The summed E-state index contributed by atoms with van der Waals surface area (Å²) in [7, 11) is 0. The maximum absolute atomic E-state index is 8.90. The Kier molecular flexibility index (Phi) is 4.13. The largest absolute Gasteiger partial charge is 0.348 e. The van der Waals surface area contributed by atoms with Crippen molar-refractivity contribution in [1.29, 1.82) is 5.26 Å². The summed E-state index contributed by atoms with van der Waals surface area (Å²) in [5.74, 6) is 0.476. The highest BCUT2D eigenvalue weighted by molar-refractivity contribution is 9.10. The molecule has 96 valence electrons. The summed E-state index contributed by atoms with van der Waals surface area (Å²) in [5.41, 5.74) is 2.27. The van der Waals surface area contributed by atoms with Gasteiger partial charge in [0.05, 0.1) is 6.04 Å². The molecule has 0 aliphatic carbocycles. The Hall–Kier alpha value is -1.93. The van der Waals surface area contributed by atoms with Crippen molar-refractivity contribution in [3.05, 3.63) is 51.8 Å². The highest BCUT2D eigenvalue weighted by Gasteiger charge is 2.08. The number of anilines is 1. The average molecular weight is 317 g/mol. The first-order valence-corrected chi connectivity index (χ1v) is 6.65. The molecule has 1 aromatic heterocycles. The van der Waals surface area contributed by atoms with E-state index in [0.29, 0.717) is 11.6 Å². The molecule has 1 aromatic carbocycles. The standard InChI is InChI=1S/C14H13BrN4/c1-9-6-13(8-16)19-14(17-9)18-10(2)11-4-3-5-12(15)7-11/h3-7,10H,1-2H3,(H,17,18,19). The van der Waals surface area contributed by atoms with Crippen LogP contribution in [0.3, 0.4) is 0 Å². The van der Waals surface area contributed by atoms with Crippen LogP contribution in [-0.2, 0) is 0 Å². The predicted octanol–water partition coefficient (Wildman–Crippen LogP) is 3.59. The van der Waals surface area contributed by atoms with Crippen molar-refractivity contribution in [3.8, 4) is 6.07 Å². The molecule has 1 N–H and O–H groups in total. The molecule has 1 atom stereocenters. The minimum Gasteiger partial charge on any atom is -0.348 e. The van der Waals surface area contributed by atoms with E-state index in [1.165, 1.54) is 0 Å². The summed E-state index contributed by atoms with van der Waals surface area (Å²) in [6, 6.07) is 11.8. The minimum absolute atomic E-state index is 0.0610. The number of benzene rings is 1. The number of halogens is 1. The zero-order valence-electron chi connectivity index (χ0n) is 10.7. The second kappa shape index (κ2) is 5.81. The number of hydrogen-bond donors (Lipinski definition) is 1. The Morgan fingerprint density at radius 2 is 2.11 bits per heavy atom. The molecule has 0 saturated carbocycles. The molecule has 0 amide bonds. The van der Waals surface area contributed by atoms with Gasteiger partial charge in [-0.25, -0.2) is 9.97 Å². The Morgan fingerprint density at radius 3 is 2.79 bits per heavy atom. The topological polar surface area (TPSA) is 61.6 Å². The molecule has 0 aliphatic rings. The van der Waals surface area contributed by atoms with Crippen LogP contribution in [0.1, 0.15) is 29.9 Å². The third-order valence-corrected chi connectivity index (χ3v) is 3.16. The SMILES string of the molecule is Cc1cc(C#N)nc(NC(C)c2cccc(Br)c2)n1. The number of hydrogen-bond acceptors (Lipinski definition) is 4. The number of aromatic nitrogens is 2. The fourth-order valence-corrected chi connectivity index (χ4v) is 2.16. The van der Waals surface area contributed by atoms with E-state index < -0.39 is 0 Å². The summed E-state index contributed by atoms with van der Waals surface area (Å²) in [6.45, 7) is 3.87. The van der Waals surface area contributed by atoms with Gasteiger partial charge in [-0.3, -0.25) is 0 Å². The maximum atomic E-state index is 8.90. The Morgan fingerprint density at radius 1 is 1.32 bits per heavy atom. The van der Waals surface area contributed by atoms with Crippen molar-refractivity contribution in [3.63, 3.8) is 0 Å². The predicted molar refractivity (Wildman–Crippen MR) is 77.7 cm³/mol. The van der Waals surface area contributed by atoms with Gasteiger partial charge in [-0.2, -0.15) is 5.26 Å². The number of aryl methyl sites for hydroxylation is 1. The summed E-state index contributed by atoms with van der Waals surface area (Å²) < 4.78 is 1.03. The second-order valence-corrected chi connectivity index (χ2v) is 5.17. The van der Waals surface area contributed by atoms with Crippen LogP contribution in [0.2, 0.25) is 0 Å². The van der Waals surface area contributed by atoms with E-state index in [1.807, 2.05) is 44.2 Å². The van der Waals surface area contributed by atoms with Crippen LogP contribution in [0, 0.1) is 18.3 Å². The normalized spacial score (nSPS) is 11.7. The third kappa shape index (κ3) is 3.52. The van der Waals surface area contributed by atoms with Gasteiger partial charge in [-0.1, -0.05) is 28.1 Å². The van der Waals surface area contributed by atoms with E-state index in [1.54, 1.807) is 6.07 Å². The molecular weight excluding hydrogens is 304 g/mol. The number of nitrogens with zero attached hydrogens (tertiary/aromatic N) is 3. The lowest BCUT2D eigenvalue weighted by molar-refractivity contribution is 0.854.